The van der Waals surface area contributed by atoms with Gasteiger partial charge in [-0.05, 0) is 32.8 Å². The lowest BCUT2D eigenvalue weighted by molar-refractivity contribution is -0.148. The van der Waals surface area contributed by atoms with Gasteiger partial charge in [0.15, 0.2) is 0 Å². The van der Waals surface area contributed by atoms with E-state index in [9.17, 15) is 18.0 Å². The molecule has 0 bridgehead atoms. The van der Waals surface area contributed by atoms with Crippen LogP contribution in [0.2, 0.25) is 0 Å². The van der Waals surface area contributed by atoms with Gasteiger partial charge in [-0.25, -0.2) is 4.79 Å². The lowest BCUT2D eigenvalue weighted by atomic mass is 10.2. The van der Waals surface area contributed by atoms with Crippen LogP contribution in [0, 0.1) is 0 Å². The molecule has 140 valence electrons. The first-order valence-corrected chi connectivity index (χ1v) is 8.36. The number of carbonyl (C=O) groups is 1. The Hall–Kier alpha value is -1.76. The number of benzene rings is 1. The second-order valence-corrected chi connectivity index (χ2v) is 7.39. The smallest absolute Gasteiger partial charge is 0.410 e. The zero-order chi connectivity index (χ0) is 18.7. The van der Waals surface area contributed by atoms with Crippen LogP contribution in [0.25, 0.3) is 0 Å². The molecular weight excluding hydrogens is 333 g/mol. The van der Waals surface area contributed by atoms with Gasteiger partial charge in [-0.1, -0.05) is 30.3 Å². The SMILES string of the molecule is CC(C)(C)OC(=O)N(CC(F)(F)F)C1CCN(Cc2ccccc2)C1. The van der Waals surface area contributed by atoms with Crippen LogP contribution < -0.4 is 0 Å². The number of amides is 1. The van der Waals surface area contributed by atoms with Crippen LogP contribution in [0.3, 0.4) is 0 Å². The summed E-state index contributed by atoms with van der Waals surface area (Å²) in [7, 11) is 0. The summed E-state index contributed by atoms with van der Waals surface area (Å²) in [6.45, 7) is 5.37. The summed E-state index contributed by atoms with van der Waals surface area (Å²) < 4.78 is 44.0. The lowest BCUT2D eigenvalue weighted by Gasteiger charge is -2.32. The van der Waals surface area contributed by atoms with Gasteiger partial charge >= 0.3 is 12.3 Å². The highest BCUT2D eigenvalue weighted by Crippen LogP contribution is 2.25. The Labute approximate surface area is 146 Å². The molecule has 1 fully saturated rings. The van der Waals surface area contributed by atoms with Gasteiger partial charge < -0.3 is 4.74 Å². The number of likely N-dealkylation sites (tertiary alicyclic amines) is 1. The molecule has 1 amide bonds. The van der Waals surface area contributed by atoms with Crippen molar-refractivity contribution in [3.8, 4) is 0 Å². The van der Waals surface area contributed by atoms with Crippen molar-refractivity contribution in [3.63, 3.8) is 0 Å². The zero-order valence-corrected chi connectivity index (χ0v) is 14.8. The summed E-state index contributed by atoms with van der Waals surface area (Å²) in [6.07, 6.45) is -4.86. The first-order valence-electron chi connectivity index (χ1n) is 8.36. The van der Waals surface area contributed by atoms with E-state index in [2.05, 4.69) is 4.90 Å². The van der Waals surface area contributed by atoms with Crippen molar-refractivity contribution >= 4 is 6.09 Å². The second-order valence-electron chi connectivity index (χ2n) is 7.39. The Kier molecular flexibility index (Phi) is 5.98. The number of hydrogen-bond donors (Lipinski definition) is 0. The highest BCUT2D eigenvalue weighted by molar-refractivity contribution is 5.68. The van der Waals surface area contributed by atoms with Gasteiger partial charge in [0, 0.05) is 25.7 Å². The Morgan fingerprint density at radius 1 is 1.24 bits per heavy atom. The summed E-state index contributed by atoms with van der Waals surface area (Å²) in [5.41, 5.74) is 0.270. The van der Waals surface area contributed by atoms with Gasteiger partial charge in [0.2, 0.25) is 0 Å². The van der Waals surface area contributed by atoms with Crippen molar-refractivity contribution in [2.45, 2.75) is 51.6 Å². The molecule has 1 aromatic rings. The van der Waals surface area contributed by atoms with Gasteiger partial charge in [-0.3, -0.25) is 9.80 Å². The molecule has 25 heavy (non-hydrogen) atoms. The molecule has 1 aliphatic rings. The van der Waals surface area contributed by atoms with Crippen LogP contribution in [0.15, 0.2) is 30.3 Å². The highest BCUT2D eigenvalue weighted by atomic mass is 19.4. The third-order valence-electron chi connectivity index (χ3n) is 3.91. The first kappa shape index (κ1) is 19.6. The molecule has 7 heteroatoms. The van der Waals surface area contributed by atoms with E-state index >= 15 is 0 Å². The average molecular weight is 358 g/mol. The molecule has 0 saturated carbocycles. The van der Waals surface area contributed by atoms with Crippen LogP contribution in [0.1, 0.15) is 32.8 Å². The van der Waals surface area contributed by atoms with Crippen LogP contribution in [0.4, 0.5) is 18.0 Å². The van der Waals surface area contributed by atoms with Gasteiger partial charge in [0.05, 0.1) is 0 Å². The van der Waals surface area contributed by atoms with Crippen molar-refractivity contribution in [1.29, 1.82) is 0 Å². The topological polar surface area (TPSA) is 32.8 Å². The minimum atomic E-state index is -4.45. The number of carbonyl (C=O) groups excluding carboxylic acids is 1. The van der Waals surface area contributed by atoms with Crippen molar-refractivity contribution in [2.24, 2.45) is 0 Å². The van der Waals surface area contributed by atoms with Gasteiger partial charge in [-0.2, -0.15) is 13.2 Å². The molecule has 0 N–H and O–H groups in total. The van der Waals surface area contributed by atoms with Crippen molar-refractivity contribution in [2.75, 3.05) is 19.6 Å². The minimum Gasteiger partial charge on any atom is -0.444 e. The Bertz CT molecular complexity index is 570. The lowest BCUT2D eigenvalue weighted by Crippen LogP contribution is -2.48. The zero-order valence-electron chi connectivity index (χ0n) is 14.8. The van der Waals surface area contributed by atoms with Crippen LogP contribution in [-0.2, 0) is 11.3 Å². The largest absolute Gasteiger partial charge is 0.444 e. The molecule has 1 unspecified atom stereocenters. The number of nitrogens with zero attached hydrogens (tertiary/aromatic N) is 2. The average Bonchev–Trinajstić information content (AvgIpc) is 2.91. The number of hydrogen-bond acceptors (Lipinski definition) is 3. The van der Waals surface area contributed by atoms with Crippen LogP contribution in [-0.4, -0.2) is 53.3 Å². The highest BCUT2D eigenvalue weighted by Gasteiger charge is 2.40. The fourth-order valence-corrected chi connectivity index (χ4v) is 2.91. The van der Waals surface area contributed by atoms with Gasteiger partial charge in [0.25, 0.3) is 0 Å². The van der Waals surface area contributed by atoms with E-state index in [1.807, 2.05) is 30.3 Å². The molecule has 0 aromatic heterocycles. The Balaban J connectivity index is 2.03. The fourth-order valence-electron chi connectivity index (χ4n) is 2.91. The molecular formula is C18H25F3N2O2. The van der Waals surface area contributed by atoms with Crippen LogP contribution in [0.5, 0.6) is 0 Å². The van der Waals surface area contributed by atoms with Gasteiger partial charge in [-0.15, -0.1) is 0 Å². The maximum absolute atomic E-state index is 12.9. The third kappa shape index (κ3) is 6.57. The number of halogens is 3. The molecule has 1 aliphatic heterocycles. The fraction of sp³-hybridized carbons (Fsp3) is 0.611. The summed E-state index contributed by atoms with van der Waals surface area (Å²) in [5.74, 6) is 0. The summed E-state index contributed by atoms with van der Waals surface area (Å²) >= 11 is 0. The quantitative estimate of drug-likeness (QED) is 0.814. The molecule has 1 saturated heterocycles. The van der Waals surface area contributed by atoms with Crippen molar-refractivity contribution in [1.82, 2.24) is 9.80 Å². The second kappa shape index (κ2) is 7.64. The summed E-state index contributed by atoms with van der Waals surface area (Å²) in [6, 6.07) is 9.24. The molecule has 1 heterocycles. The predicted molar refractivity (Wildman–Crippen MR) is 89.1 cm³/mol. The predicted octanol–water partition coefficient (Wildman–Crippen LogP) is 4.06. The number of rotatable bonds is 4. The minimum absolute atomic E-state index is 0.407. The van der Waals surface area contributed by atoms with E-state index in [1.165, 1.54) is 0 Å². The normalized spacial score (nSPS) is 19.0. The van der Waals surface area contributed by atoms with E-state index in [-0.39, 0.29) is 0 Å². The summed E-state index contributed by atoms with van der Waals surface area (Å²) in [4.78, 5) is 15.2. The molecule has 0 radical (unpaired) electrons. The molecule has 2 rings (SSSR count). The molecule has 1 atom stereocenters. The maximum Gasteiger partial charge on any atom is 0.410 e. The monoisotopic (exact) mass is 358 g/mol. The van der Waals surface area contributed by atoms with E-state index in [4.69, 9.17) is 4.74 Å². The number of ether oxygens (including phenoxy) is 1. The Morgan fingerprint density at radius 3 is 2.44 bits per heavy atom. The Morgan fingerprint density at radius 2 is 1.88 bits per heavy atom. The summed E-state index contributed by atoms with van der Waals surface area (Å²) in [5, 5.41) is 0. The van der Waals surface area contributed by atoms with Crippen LogP contribution >= 0.6 is 0 Å². The van der Waals surface area contributed by atoms with E-state index < -0.39 is 30.5 Å². The number of alkyl halides is 3. The standard InChI is InChI=1S/C18H25F3N2O2/c1-17(2,3)25-16(24)23(13-18(19,20)21)15-9-10-22(12-15)11-14-7-5-4-6-8-14/h4-8,15H,9-13H2,1-3H3. The third-order valence-corrected chi connectivity index (χ3v) is 3.91. The van der Waals surface area contributed by atoms with E-state index in [0.717, 1.165) is 10.5 Å². The van der Waals surface area contributed by atoms with Gasteiger partial charge in [0.1, 0.15) is 12.1 Å². The first-order chi connectivity index (χ1) is 11.5. The maximum atomic E-state index is 12.9. The van der Waals surface area contributed by atoms with E-state index in [1.54, 1.807) is 20.8 Å². The van der Waals surface area contributed by atoms with Crippen molar-refractivity contribution < 1.29 is 22.7 Å². The molecule has 4 nitrogen and oxygen atoms in total. The molecule has 1 aromatic carbocycles. The molecule has 0 aliphatic carbocycles. The molecule has 0 spiro atoms. The van der Waals surface area contributed by atoms with Crippen molar-refractivity contribution in [3.05, 3.63) is 35.9 Å². The van der Waals surface area contributed by atoms with E-state index in [0.29, 0.717) is 26.1 Å².